The Labute approximate surface area is 157 Å². The van der Waals surface area contributed by atoms with Crippen molar-refractivity contribution in [2.75, 3.05) is 5.32 Å². The van der Waals surface area contributed by atoms with Crippen molar-refractivity contribution in [3.8, 4) is 0 Å². The lowest BCUT2D eigenvalue weighted by Crippen LogP contribution is -2.51. The molecule has 2 rings (SSSR count). The maximum atomic E-state index is 12.2. The van der Waals surface area contributed by atoms with Crippen LogP contribution in [0.1, 0.15) is 12.5 Å². The van der Waals surface area contributed by atoms with Gasteiger partial charge in [-0.15, -0.1) is 0 Å². The molecule has 26 heavy (non-hydrogen) atoms. The number of urea groups is 1. The zero-order valence-electron chi connectivity index (χ0n) is 13.3. The number of non-ortho nitro benzene ring substituents is 1. The van der Waals surface area contributed by atoms with Crippen LogP contribution in [0.25, 0.3) is 0 Å². The van der Waals surface area contributed by atoms with Crippen LogP contribution in [-0.2, 0) is 10.3 Å². The number of hydrogen-bond donors (Lipinski definition) is 3. The first-order chi connectivity index (χ1) is 12.1. The van der Waals surface area contributed by atoms with E-state index in [4.69, 9.17) is 23.2 Å². The van der Waals surface area contributed by atoms with E-state index in [0.717, 1.165) is 12.1 Å². The number of nitro benzene ring substituents is 1. The molecule has 3 N–H and O–H groups in total. The van der Waals surface area contributed by atoms with Gasteiger partial charge in [-0.1, -0.05) is 23.2 Å². The standard InChI is InChI=1S/C16H13Cl2N3O5/c1-16(14(22)23,9-2-5-11(6-3-9)21(25)26)20-15(24)19-10-4-7-12(17)13(18)8-10/h2-8H,1H3,(H,22,23)(H2,19,20,24). The van der Waals surface area contributed by atoms with Crippen LogP contribution in [0.3, 0.4) is 0 Å². The molecule has 0 aliphatic carbocycles. The summed E-state index contributed by atoms with van der Waals surface area (Å²) in [6.07, 6.45) is 0. The van der Waals surface area contributed by atoms with Crippen LogP contribution < -0.4 is 10.6 Å². The molecule has 0 aliphatic rings. The van der Waals surface area contributed by atoms with E-state index in [1.807, 2.05) is 0 Å². The SMILES string of the molecule is CC(NC(=O)Nc1ccc(Cl)c(Cl)c1)(C(=O)O)c1ccc([N+](=O)[O-])cc1. The van der Waals surface area contributed by atoms with Crippen molar-refractivity contribution >= 4 is 46.6 Å². The highest BCUT2D eigenvalue weighted by atomic mass is 35.5. The smallest absolute Gasteiger partial charge is 0.333 e. The number of nitrogens with zero attached hydrogens (tertiary/aromatic N) is 1. The Kier molecular flexibility index (Phi) is 5.69. The van der Waals surface area contributed by atoms with Crippen LogP contribution in [0, 0.1) is 10.1 Å². The fourth-order valence-electron chi connectivity index (χ4n) is 2.13. The van der Waals surface area contributed by atoms with Crippen molar-refractivity contribution in [3.05, 3.63) is 68.2 Å². The molecule has 0 bridgehead atoms. The molecule has 0 aromatic heterocycles. The van der Waals surface area contributed by atoms with E-state index in [1.54, 1.807) is 0 Å². The lowest BCUT2D eigenvalue weighted by Gasteiger charge is -2.26. The monoisotopic (exact) mass is 397 g/mol. The molecule has 136 valence electrons. The van der Waals surface area contributed by atoms with E-state index >= 15 is 0 Å². The molecule has 1 unspecified atom stereocenters. The number of benzene rings is 2. The number of halogens is 2. The van der Waals surface area contributed by atoms with Gasteiger partial charge in [0.05, 0.1) is 15.0 Å². The first kappa shape index (κ1) is 19.5. The second-order valence-corrected chi connectivity index (χ2v) is 6.26. The summed E-state index contributed by atoms with van der Waals surface area (Å²) in [5.41, 5.74) is -1.52. The van der Waals surface area contributed by atoms with Gasteiger partial charge in [0.15, 0.2) is 5.54 Å². The molecule has 2 aromatic carbocycles. The van der Waals surface area contributed by atoms with Gasteiger partial charge in [-0.2, -0.15) is 0 Å². The highest BCUT2D eigenvalue weighted by Gasteiger charge is 2.37. The number of rotatable bonds is 5. The summed E-state index contributed by atoms with van der Waals surface area (Å²) in [6.45, 7) is 1.27. The summed E-state index contributed by atoms with van der Waals surface area (Å²) >= 11 is 11.7. The van der Waals surface area contributed by atoms with Crippen molar-refractivity contribution in [2.45, 2.75) is 12.5 Å². The van der Waals surface area contributed by atoms with E-state index in [1.165, 1.54) is 37.3 Å². The largest absolute Gasteiger partial charge is 0.479 e. The topological polar surface area (TPSA) is 122 Å². The number of aliphatic carboxylic acids is 1. The van der Waals surface area contributed by atoms with Crippen molar-refractivity contribution < 1.29 is 19.6 Å². The van der Waals surface area contributed by atoms with Crippen LogP contribution in [0.2, 0.25) is 10.0 Å². The maximum absolute atomic E-state index is 12.2. The average molecular weight is 398 g/mol. The number of hydrogen-bond acceptors (Lipinski definition) is 4. The number of nitrogens with one attached hydrogen (secondary N) is 2. The van der Waals surface area contributed by atoms with Crippen molar-refractivity contribution in [2.24, 2.45) is 0 Å². The number of carbonyl (C=O) groups excluding carboxylic acids is 1. The predicted octanol–water partition coefficient (Wildman–Crippen LogP) is 4.02. The van der Waals surface area contributed by atoms with Gasteiger partial charge in [0.1, 0.15) is 0 Å². The second kappa shape index (κ2) is 7.59. The second-order valence-electron chi connectivity index (χ2n) is 5.44. The van der Waals surface area contributed by atoms with E-state index in [-0.39, 0.29) is 16.3 Å². The molecule has 0 spiro atoms. The molecule has 0 radical (unpaired) electrons. The first-order valence-electron chi connectivity index (χ1n) is 7.16. The fraction of sp³-hybridized carbons (Fsp3) is 0.125. The summed E-state index contributed by atoms with van der Waals surface area (Å²) < 4.78 is 0. The molecule has 0 heterocycles. The zero-order valence-corrected chi connectivity index (χ0v) is 14.8. The first-order valence-corrected chi connectivity index (χ1v) is 7.91. The normalized spacial score (nSPS) is 12.7. The van der Waals surface area contributed by atoms with Gasteiger partial charge in [-0.3, -0.25) is 10.1 Å². The van der Waals surface area contributed by atoms with Crippen LogP contribution in [0.15, 0.2) is 42.5 Å². The third-order valence-corrected chi connectivity index (χ3v) is 4.36. The predicted molar refractivity (Wildman–Crippen MR) is 96.7 cm³/mol. The number of carboxylic acids is 1. The van der Waals surface area contributed by atoms with Gasteiger partial charge in [0.25, 0.3) is 5.69 Å². The summed E-state index contributed by atoms with van der Waals surface area (Å²) in [4.78, 5) is 34.0. The van der Waals surface area contributed by atoms with E-state index in [9.17, 15) is 24.8 Å². The van der Waals surface area contributed by atoms with Gasteiger partial charge in [0.2, 0.25) is 0 Å². The van der Waals surface area contributed by atoms with E-state index in [2.05, 4.69) is 10.6 Å². The third kappa shape index (κ3) is 4.22. The van der Waals surface area contributed by atoms with Gasteiger partial charge < -0.3 is 15.7 Å². The molecule has 0 saturated heterocycles. The van der Waals surface area contributed by atoms with Crippen molar-refractivity contribution in [1.29, 1.82) is 0 Å². The highest BCUT2D eigenvalue weighted by molar-refractivity contribution is 6.42. The Bertz CT molecular complexity index is 873. The van der Waals surface area contributed by atoms with Crippen LogP contribution in [-0.4, -0.2) is 22.0 Å². The molecular weight excluding hydrogens is 385 g/mol. The third-order valence-electron chi connectivity index (χ3n) is 3.62. The average Bonchev–Trinajstić information content (AvgIpc) is 2.58. The Morgan fingerprint density at radius 2 is 1.73 bits per heavy atom. The van der Waals surface area contributed by atoms with Gasteiger partial charge in [-0.25, -0.2) is 9.59 Å². The lowest BCUT2D eigenvalue weighted by molar-refractivity contribution is -0.384. The Balaban J connectivity index is 2.22. The molecule has 0 fully saturated rings. The van der Waals surface area contributed by atoms with Crippen LogP contribution >= 0.6 is 23.2 Å². The summed E-state index contributed by atoms with van der Waals surface area (Å²) in [7, 11) is 0. The Morgan fingerprint density at radius 3 is 2.23 bits per heavy atom. The van der Waals surface area contributed by atoms with Crippen LogP contribution in [0.4, 0.5) is 16.2 Å². The van der Waals surface area contributed by atoms with Crippen LogP contribution in [0.5, 0.6) is 0 Å². The summed E-state index contributed by atoms with van der Waals surface area (Å²) in [5.74, 6) is -1.34. The molecular formula is C16H13Cl2N3O5. The van der Waals surface area contributed by atoms with Gasteiger partial charge in [0, 0.05) is 17.8 Å². The quantitative estimate of drug-likeness (QED) is 0.519. The maximum Gasteiger partial charge on any atom is 0.333 e. The Hall–Kier alpha value is -2.84. The number of amides is 2. The van der Waals surface area contributed by atoms with Crippen molar-refractivity contribution in [3.63, 3.8) is 0 Å². The van der Waals surface area contributed by atoms with Gasteiger partial charge in [-0.05, 0) is 42.8 Å². The van der Waals surface area contributed by atoms with Gasteiger partial charge >= 0.3 is 12.0 Å². The zero-order chi connectivity index (χ0) is 19.5. The number of nitro groups is 1. The molecule has 8 nitrogen and oxygen atoms in total. The molecule has 1 atom stereocenters. The molecule has 10 heteroatoms. The minimum Gasteiger partial charge on any atom is -0.479 e. The summed E-state index contributed by atoms with van der Waals surface area (Å²) in [5, 5.41) is 25.6. The highest BCUT2D eigenvalue weighted by Crippen LogP contribution is 2.26. The fourth-order valence-corrected chi connectivity index (χ4v) is 2.43. The minimum absolute atomic E-state index is 0.167. The molecule has 2 aromatic rings. The molecule has 0 saturated carbocycles. The number of carboxylic acid groups (broad SMARTS) is 1. The number of anilines is 1. The minimum atomic E-state index is -1.81. The molecule has 0 aliphatic heterocycles. The molecule has 2 amide bonds. The van der Waals surface area contributed by atoms with E-state index in [0.29, 0.717) is 10.7 Å². The van der Waals surface area contributed by atoms with Crippen molar-refractivity contribution in [1.82, 2.24) is 5.32 Å². The Morgan fingerprint density at radius 1 is 1.12 bits per heavy atom. The van der Waals surface area contributed by atoms with E-state index < -0.39 is 22.5 Å². The lowest BCUT2D eigenvalue weighted by atomic mass is 9.92. The number of carbonyl (C=O) groups is 2. The summed E-state index contributed by atoms with van der Waals surface area (Å²) in [6, 6.07) is 8.45.